The number of methoxy groups -OCH3 is 1. The zero-order chi connectivity index (χ0) is 20.1. The summed E-state index contributed by atoms with van der Waals surface area (Å²) in [6, 6.07) is 5.91. The van der Waals surface area contributed by atoms with E-state index < -0.39 is 0 Å². The van der Waals surface area contributed by atoms with Gasteiger partial charge >= 0.3 is 0 Å². The first-order valence-electron chi connectivity index (χ1n) is 10.2. The van der Waals surface area contributed by atoms with E-state index in [1.807, 2.05) is 29.0 Å². The zero-order valence-corrected chi connectivity index (χ0v) is 17.3. The third kappa shape index (κ3) is 5.01. The van der Waals surface area contributed by atoms with Crippen molar-refractivity contribution < 1.29 is 14.3 Å². The first kappa shape index (κ1) is 20.6. The van der Waals surface area contributed by atoms with Crippen molar-refractivity contribution in [2.75, 3.05) is 45.2 Å². The minimum atomic E-state index is 0.144. The Morgan fingerprint density at radius 2 is 2.04 bits per heavy atom. The summed E-state index contributed by atoms with van der Waals surface area (Å²) in [4.78, 5) is 34.6. The minimum Gasteiger partial charge on any atom is -0.481 e. The molecule has 2 aliphatic heterocycles. The molecule has 3 rings (SSSR count). The fourth-order valence-corrected chi connectivity index (χ4v) is 4.19. The lowest BCUT2D eigenvalue weighted by Crippen LogP contribution is -2.46. The molecule has 2 fully saturated rings. The highest BCUT2D eigenvalue weighted by Crippen LogP contribution is 2.26. The van der Waals surface area contributed by atoms with Gasteiger partial charge in [0.2, 0.25) is 17.7 Å². The van der Waals surface area contributed by atoms with E-state index in [9.17, 15) is 9.59 Å². The van der Waals surface area contributed by atoms with Gasteiger partial charge in [0.1, 0.15) is 5.82 Å². The topological polar surface area (TPSA) is 66.0 Å². The first-order valence-corrected chi connectivity index (χ1v) is 10.2. The molecule has 28 heavy (non-hydrogen) atoms. The van der Waals surface area contributed by atoms with Gasteiger partial charge in [0.15, 0.2) is 0 Å². The molecule has 1 atom stereocenters. The van der Waals surface area contributed by atoms with E-state index in [2.05, 4.69) is 9.88 Å². The molecular weight excluding hydrogens is 356 g/mol. The van der Waals surface area contributed by atoms with Gasteiger partial charge < -0.3 is 14.5 Å². The van der Waals surface area contributed by atoms with Crippen LogP contribution in [-0.2, 0) is 9.59 Å². The van der Waals surface area contributed by atoms with Gasteiger partial charge in [-0.25, -0.2) is 0 Å². The summed E-state index contributed by atoms with van der Waals surface area (Å²) in [6.45, 7) is 5.49. The smallest absolute Gasteiger partial charge is 0.228 e. The number of likely N-dealkylation sites (tertiary alicyclic amines) is 1. The van der Waals surface area contributed by atoms with Crippen molar-refractivity contribution in [3.05, 3.63) is 18.2 Å². The number of rotatable bonds is 6. The van der Waals surface area contributed by atoms with Crippen LogP contribution in [0.3, 0.4) is 0 Å². The molecule has 1 aromatic heterocycles. The maximum Gasteiger partial charge on any atom is 0.228 e. The molecule has 2 saturated heterocycles. The SMILES string of the molecule is COc1cccc(N2CC(CCN3CCC(N(C)C(C)=O)CC3)CCC2=O)n1. The lowest BCUT2D eigenvalue weighted by Gasteiger charge is -2.37. The fourth-order valence-electron chi connectivity index (χ4n) is 4.19. The van der Waals surface area contributed by atoms with E-state index in [0.717, 1.165) is 51.9 Å². The normalized spacial score (nSPS) is 21.6. The summed E-state index contributed by atoms with van der Waals surface area (Å²) >= 11 is 0. The molecule has 154 valence electrons. The number of amides is 2. The number of hydrogen-bond acceptors (Lipinski definition) is 5. The first-order chi connectivity index (χ1) is 13.5. The lowest BCUT2D eigenvalue weighted by atomic mass is 9.93. The van der Waals surface area contributed by atoms with Crippen LogP contribution < -0.4 is 9.64 Å². The maximum atomic E-state index is 12.4. The molecule has 7 nitrogen and oxygen atoms in total. The predicted molar refractivity (Wildman–Crippen MR) is 108 cm³/mol. The molecule has 0 aromatic carbocycles. The molecule has 1 aromatic rings. The predicted octanol–water partition coefficient (Wildman–Crippen LogP) is 2.17. The summed E-state index contributed by atoms with van der Waals surface area (Å²) in [6.07, 6.45) is 4.69. The molecule has 0 radical (unpaired) electrons. The highest BCUT2D eigenvalue weighted by molar-refractivity contribution is 5.93. The van der Waals surface area contributed by atoms with Crippen molar-refractivity contribution in [3.63, 3.8) is 0 Å². The Balaban J connectivity index is 1.49. The van der Waals surface area contributed by atoms with Gasteiger partial charge in [-0.05, 0) is 44.2 Å². The van der Waals surface area contributed by atoms with Crippen LogP contribution in [0.2, 0.25) is 0 Å². The van der Waals surface area contributed by atoms with Crippen LogP contribution in [0.4, 0.5) is 5.82 Å². The van der Waals surface area contributed by atoms with Gasteiger partial charge in [-0.15, -0.1) is 0 Å². The van der Waals surface area contributed by atoms with E-state index in [0.29, 0.717) is 30.1 Å². The Labute approximate surface area is 167 Å². The van der Waals surface area contributed by atoms with Crippen LogP contribution in [-0.4, -0.2) is 73.0 Å². The number of ether oxygens (including phenoxy) is 1. The summed E-state index contributed by atoms with van der Waals surface area (Å²) in [5.41, 5.74) is 0. The van der Waals surface area contributed by atoms with Gasteiger partial charge in [-0.1, -0.05) is 6.07 Å². The van der Waals surface area contributed by atoms with Gasteiger partial charge in [0.05, 0.1) is 7.11 Å². The van der Waals surface area contributed by atoms with Crippen LogP contribution in [0.15, 0.2) is 18.2 Å². The number of carbonyl (C=O) groups is 2. The summed E-state index contributed by atoms with van der Waals surface area (Å²) in [5.74, 6) is 2.00. The van der Waals surface area contributed by atoms with E-state index in [1.54, 1.807) is 20.1 Å². The van der Waals surface area contributed by atoms with Crippen molar-refractivity contribution in [3.8, 4) is 5.88 Å². The molecule has 0 saturated carbocycles. The Hall–Kier alpha value is -2.15. The van der Waals surface area contributed by atoms with Crippen LogP contribution in [0, 0.1) is 5.92 Å². The maximum absolute atomic E-state index is 12.4. The third-order valence-corrected chi connectivity index (χ3v) is 6.16. The molecular formula is C21H32N4O3. The van der Waals surface area contributed by atoms with Crippen molar-refractivity contribution in [1.82, 2.24) is 14.8 Å². The second-order valence-corrected chi connectivity index (χ2v) is 7.94. The minimum absolute atomic E-state index is 0.144. The molecule has 7 heteroatoms. The summed E-state index contributed by atoms with van der Waals surface area (Å²) < 4.78 is 5.19. The molecule has 3 heterocycles. The number of piperidine rings is 2. The lowest BCUT2D eigenvalue weighted by molar-refractivity contribution is -0.130. The molecule has 2 aliphatic rings. The number of anilines is 1. The van der Waals surface area contributed by atoms with Gasteiger partial charge in [-0.2, -0.15) is 4.98 Å². The van der Waals surface area contributed by atoms with Crippen LogP contribution in [0.25, 0.3) is 0 Å². The van der Waals surface area contributed by atoms with Crippen molar-refractivity contribution in [2.24, 2.45) is 5.92 Å². The zero-order valence-electron chi connectivity index (χ0n) is 17.3. The van der Waals surface area contributed by atoms with Crippen LogP contribution in [0.5, 0.6) is 5.88 Å². The average molecular weight is 389 g/mol. The Morgan fingerprint density at radius 1 is 1.29 bits per heavy atom. The third-order valence-electron chi connectivity index (χ3n) is 6.16. The Morgan fingerprint density at radius 3 is 2.71 bits per heavy atom. The number of nitrogens with zero attached hydrogens (tertiary/aromatic N) is 4. The van der Waals surface area contributed by atoms with Crippen molar-refractivity contribution >= 4 is 17.6 Å². The standard InChI is InChI=1S/C21H32N4O3/c1-16(26)23(2)18-10-13-24(14-11-18)12-9-17-7-8-21(27)25(15-17)19-5-4-6-20(22-19)28-3/h4-6,17-18H,7-15H2,1-3H3. The van der Waals surface area contributed by atoms with Gasteiger partial charge in [0, 0.05) is 52.1 Å². The number of hydrogen-bond donors (Lipinski definition) is 0. The molecule has 0 aliphatic carbocycles. The molecule has 2 amide bonds. The van der Waals surface area contributed by atoms with E-state index >= 15 is 0 Å². The monoisotopic (exact) mass is 388 g/mol. The van der Waals surface area contributed by atoms with Crippen molar-refractivity contribution in [1.29, 1.82) is 0 Å². The number of carbonyl (C=O) groups excluding carboxylic acids is 2. The molecule has 0 bridgehead atoms. The second kappa shape index (κ2) is 9.37. The highest BCUT2D eigenvalue weighted by Gasteiger charge is 2.29. The van der Waals surface area contributed by atoms with E-state index in [1.165, 1.54) is 0 Å². The van der Waals surface area contributed by atoms with E-state index in [-0.39, 0.29) is 11.8 Å². The Bertz CT molecular complexity index is 688. The number of aromatic nitrogens is 1. The second-order valence-electron chi connectivity index (χ2n) is 7.94. The quantitative estimate of drug-likeness (QED) is 0.747. The van der Waals surface area contributed by atoms with Gasteiger partial charge in [0.25, 0.3) is 0 Å². The van der Waals surface area contributed by atoms with Crippen molar-refractivity contribution in [2.45, 2.75) is 45.1 Å². The number of pyridine rings is 1. The molecule has 0 N–H and O–H groups in total. The average Bonchev–Trinajstić information content (AvgIpc) is 2.73. The summed E-state index contributed by atoms with van der Waals surface area (Å²) in [7, 11) is 3.49. The van der Waals surface area contributed by atoms with Crippen LogP contribution >= 0.6 is 0 Å². The largest absolute Gasteiger partial charge is 0.481 e. The molecule has 1 unspecified atom stereocenters. The van der Waals surface area contributed by atoms with Crippen LogP contribution in [0.1, 0.15) is 39.0 Å². The fraction of sp³-hybridized carbons (Fsp3) is 0.667. The molecule has 0 spiro atoms. The summed E-state index contributed by atoms with van der Waals surface area (Å²) in [5, 5.41) is 0. The van der Waals surface area contributed by atoms with E-state index in [4.69, 9.17) is 4.74 Å². The Kier molecular flexibility index (Phi) is 6.88. The van der Waals surface area contributed by atoms with Gasteiger partial charge in [-0.3, -0.25) is 14.5 Å². The highest BCUT2D eigenvalue weighted by atomic mass is 16.5.